The topological polar surface area (TPSA) is 62.8 Å². The molecule has 160 valence electrons. The molecule has 0 spiro atoms. The second-order valence-corrected chi connectivity index (χ2v) is 8.41. The number of likely N-dealkylation sites (tertiary alicyclic amines) is 1. The number of benzene rings is 2. The Hall–Kier alpha value is -2.73. The van der Waals surface area contributed by atoms with E-state index in [2.05, 4.69) is 34.7 Å². The molecule has 3 atom stereocenters. The molecule has 0 bridgehead atoms. The van der Waals surface area contributed by atoms with Crippen LogP contribution in [0.15, 0.2) is 48.5 Å². The highest BCUT2D eigenvalue weighted by molar-refractivity contribution is 5.89. The molecule has 6 heteroatoms. The minimum Gasteiger partial charge on any atom is -0.493 e. The van der Waals surface area contributed by atoms with Crippen molar-refractivity contribution < 1.29 is 14.3 Å². The van der Waals surface area contributed by atoms with Crippen molar-refractivity contribution in [1.29, 1.82) is 0 Å². The highest BCUT2D eigenvalue weighted by atomic mass is 16.5. The lowest BCUT2D eigenvalue weighted by Gasteiger charge is -2.45. The van der Waals surface area contributed by atoms with E-state index in [1.807, 2.05) is 36.4 Å². The number of nitrogens with one attached hydrogen (secondary N) is 2. The summed E-state index contributed by atoms with van der Waals surface area (Å²) in [5.74, 6) is 1.54. The summed E-state index contributed by atoms with van der Waals surface area (Å²) >= 11 is 0. The van der Waals surface area contributed by atoms with Gasteiger partial charge in [-0.05, 0) is 69.1 Å². The molecular weight excluding hydrogens is 378 g/mol. The van der Waals surface area contributed by atoms with Crippen LogP contribution in [0, 0.1) is 0 Å². The molecule has 4 rings (SSSR count). The quantitative estimate of drug-likeness (QED) is 0.783. The van der Waals surface area contributed by atoms with Crippen molar-refractivity contribution in [1.82, 2.24) is 10.2 Å². The molecule has 2 amide bonds. The number of amides is 2. The second-order valence-electron chi connectivity index (χ2n) is 8.41. The number of ether oxygens (including phenoxy) is 2. The van der Waals surface area contributed by atoms with Crippen molar-refractivity contribution in [3.05, 3.63) is 54.1 Å². The number of hydrogen-bond acceptors (Lipinski definition) is 4. The maximum atomic E-state index is 12.5. The summed E-state index contributed by atoms with van der Waals surface area (Å²) in [5.41, 5.74) is 2.20. The molecule has 2 N–H and O–H groups in total. The van der Waals surface area contributed by atoms with Crippen LogP contribution in [-0.4, -0.2) is 50.8 Å². The number of fused-ring (bicyclic) bond motifs is 1. The first-order valence-electron chi connectivity index (χ1n) is 10.6. The summed E-state index contributed by atoms with van der Waals surface area (Å²) in [6.07, 6.45) is 4.05. The van der Waals surface area contributed by atoms with Crippen LogP contribution in [0.2, 0.25) is 0 Å². The summed E-state index contributed by atoms with van der Waals surface area (Å²) in [5, 5.41) is 6.12. The van der Waals surface area contributed by atoms with Crippen molar-refractivity contribution in [2.24, 2.45) is 0 Å². The van der Waals surface area contributed by atoms with Crippen LogP contribution in [0.3, 0.4) is 0 Å². The van der Waals surface area contributed by atoms with Crippen LogP contribution in [0.4, 0.5) is 10.5 Å². The van der Waals surface area contributed by atoms with E-state index in [0.29, 0.717) is 6.04 Å². The van der Waals surface area contributed by atoms with Gasteiger partial charge in [0.25, 0.3) is 0 Å². The largest absolute Gasteiger partial charge is 0.493 e. The van der Waals surface area contributed by atoms with E-state index in [1.54, 1.807) is 14.2 Å². The van der Waals surface area contributed by atoms with Crippen molar-refractivity contribution in [2.75, 3.05) is 33.1 Å². The molecule has 0 aromatic heterocycles. The van der Waals surface area contributed by atoms with Gasteiger partial charge in [0, 0.05) is 23.2 Å². The van der Waals surface area contributed by atoms with Gasteiger partial charge < -0.3 is 25.0 Å². The number of urea groups is 1. The SMILES string of the molecule is COc1ccc([C@@]23CC[C@H](NC(=O)Nc4ccccc4)C[C@H]2N(C)CC3)cc1OC. The van der Waals surface area contributed by atoms with E-state index in [0.717, 1.165) is 49.4 Å². The molecule has 0 radical (unpaired) electrons. The Balaban J connectivity index is 1.49. The van der Waals surface area contributed by atoms with Crippen LogP contribution in [0.1, 0.15) is 31.2 Å². The lowest BCUT2D eigenvalue weighted by Crippen LogP contribution is -2.52. The van der Waals surface area contributed by atoms with Gasteiger partial charge in [0.1, 0.15) is 0 Å². The van der Waals surface area contributed by atoms with Gasteiger partial charge in [-0.25, -0.2) is 4.79 Å². The van der Waals surface area contributed by atoms with Gasteiger partial charge in [0.15, 0.2) is 11.5 Å². The van der Waals surface area contributed by atoms with Crippen molar-refractivity contribution >= 4 is 11.7 Å². The smallest absolute Gasteiger partial charge is 0.319 e. The van der Waals surface area contributed by atoms with Crippen LogP contribution in [-0.2, 0) is 5.41 Å². The average Bonchev–Trinajstić information content (AvgIpc) is 3.11. The van der Waals surface area contributed by atoms with E-state index in [1.165, 1.54) is 5.56 Å². The van der Waals surface area contributed by atoms with Crippen LogP contribution >= 0.6 is 0 Å². The predicted octanol–water partition coefficient (Wildman–Crippen LogP) is 4.02. The van der Waals surface area contributed by atoms with Crippen molar-refractivity contribution in [3.63, 3.8) is 0 Å². The van der Waals surface area contributed by atoms with Crippen molar-refractivity contribution in [3.8, 4) is 11.5 Å². The molecule has 2 aliphatic rings. The predicted molar refractivity (Wildman–Crippen MR) is 118 cm³/mol. The third-order valence-corrected chi connectivity index (χ3v) is 6.85. The third kappa shape index (κ3) is 3.84. The Morgan fingerprint density at radius 1 is 1.07 bits per heavy atom. The normalized spacial score (nSPS) is 26.0. The number of carbonyl (C=O) groups excluding carboxylic acids is 1. The molecule has 2 fully saturated rings. The molecule has 1 saturated heterocycles. The van der Waals surface area contributed by atoms with Crippen LogP contribution in [0.5, 0.6) is 11.5 Å². The number of methoxy groups -OCH3 is 2. The summed E-state index contributed by atoms with van der Waals surface area (Å²) in [6.45, 7) is 1.06. The zero-order valence-corrected chi connectivity index (χ0v) is 18.0. The fraction of sp³-hybridized carbons (Fsp3) is 0.458. The Bertz CT molecular complexity index is 889. The molecule has 6 nitrogen and oxygen atoms in total. The zero-order valence-electron chi connectivity index (χ0n) is 18.0. The third-order valence-electron chi connectivity index (χ3n) is 6.85. The average molecular weight is 410 g/mol. The fourth-order valence-corrected chi connectivity index (χ4v) is 5.27. The maximum Gasteiger partial charge on any atom is 0.319 e. The number of hydrogen-bond donors (Lipinski definition) is 2. The number of nitrogens with zero attached hydrogens (tertiary/aromatic N) is 1. The maximum absolute atomic E-state index is 12.5. The fourth-order valence-electron chi connectivity index (χ4n) is 5.27. The number of para-hydroxylation sites is 1. The molecule has 1 saturated carbocycles. The van der Waals surface area contributed by atoms with Gasteiger partial charge in [-0.1, -0.05) is 24.3 Å². The minimum atomic E-state index is -0.134. The first kappa shape index (κ1) is 20.5. The Morgan fingerprint density at radius 3 is 2.57 bits per heavy atom. The van der Waals surface area contributed by atoms with Crippen LogP contribution < -0.4 is 20.1 Å². The zero-order chi connectivity index (χ0) is 21.1. The second kappa shape index (κ2) is 8.56. The van der Waals surface area contributed by atoms with Gasteiger partial charge in [-0.3, -0.25) is 0 Å². The minimum absolute atomic E-state index is 0.0857. The van der Waals surface area contributed by atoms with Gasteiger partial charge in [0.2, 0.25) is 0 Å². The van der Waals surface area contributed by atoms with Gasteiger partial charge >= 0.3 is 6.03 Å². The number of carbonyl (C=O) groups is 1. The molecule has 30 heavy (non-hydrogen) atoms. The van der Waals surface area contributed by atoms with Gasteiger partial charge in [-0.2, -0.15) is 0 Å². The molecule has 1 aliphatic heterocycles. The number of anilines is 1. The van der Waals surface area contributed by atoms with E-state index in [-0.39, 0.29) is 17.5 Å². The molecule has 0 unspecified atom stereocenters. The summed E-state index contributed by atoms with van der Waals surface area (Å²) < 4.78 is 11.0. The first-order valence-corrected chi connectivity index (χ1v) is 10.6. The Morgan fingerprint density at radius 2 is 1.83 bits per heavy atom. The Labute approximate surface area is 178 Å². The van der Waals surface area contributed by atoms with Crippen molar-refractivity contribution in [2.45, 2.75) is 43.2 Å². The van der Waals surface area contributed by atoms with E-state index < -0.39 is 0 Å². The summed E-state index contributed by atoms with van der Waals surface area (Å²) in [6, 6.07) is 16.3. The Kier molecular flexibility index (Phi) is 5.86. The molecule has 2 aromatic rings. The molecule has 2 aromatic carbocycles. The summed E-state index contributed by atoms with van der Waals surface area (Å²) in [7, 11) is 5.54. The lowest BCUT2D eigenvalue weighted by atomic mass is 9.65. The highest BCUT2D eigenvalue weighted by Crippen LogP contribution is 2.49. The summed E-state index contributed by atoms with van der Waals surface area (Å²) in [4.78, 5) is 14.9. The van der Waals surface area contributed by atoms with Gasteiger partial charge in [0.05, 0.1) is 14.2 Å². The van der Waals surface area contributed by atoms with E-state index in [9.17, 15) is 4.79 Å². The standard InChI is InChI=1S/C24H31N3O3/c1-27-14-13-24(17-9-10-20(29-2)21(15-17)30-3)12-11-19(16-22(24)27)26-23(28)25-18-7-5-4-6-8-18/h4-10,15,19,22H,11-14,16H2,1-3H3,(H2,25,26,28)/t19-,22+,24-/m0/s1. The molecule has 1 aliphatic carbocycles. The van der Waals surface area contributed by atoms with E-state index >= 15 is 0 Å². The number of likely N-dealkylation sites (N-methyl/N-ethyl adjacent to an activating group) is 1. The van der Waals surface area contributed by atoms with Crippen LogP contribution in [0.25, 0.3) is 0 Å². The highest BCUT2D eigenvalue weighted by Gasteiger charge is 2.50. The lowest BCUT2D eigenvalue weighted by molar-refractivity contribution is 0.156. The molecule has 1 heterocycles. The van der Waals surface area contributed by atoms with Gasteiger partial charge in [-0.15, -0.1) is 0 Å². The monoisotopic (exact) mass is 409 g/mol. The number of rotatable bonds is 5. The van der Waals surface area contributed by atoms with E-state index in [4.69, 9.17) is 9.47 Å². The first-order chi connectivity index (χ1) is 14.6. The molecular formula is C24H31N3O3.